The van der Waals surface area contributed by atoms with E-state index in [0.29, 0.717) is 42.9 Å². The fourth-order valence-electron chi connectivity index (χ4n) is 6.69. The van der Waals surface area contributed by atoms with Crippen molar-refractivity contribution in [2.45, 2.75) is 50.7 Å². The number of hydrogen-bond donors (Lipinski definition) is 1. The number of cyclic esters (lactones) is 1. The molecule has 4 fully saturated rings. The molecule has 5 nitrogen and oxygen atoms in total. The molecule has 0 radical (unpaired) electrons. The zero-order valence-electron chi connectivity index (χ0n) is 14.4. The highest BCUT2D eigenvalue weighted by molar-refractivity contribution is 5.73. The normalized spacial score (nSPS) is 47.2. The Morgan fingerprint density at radius 3 is 2.80 bits per heavy atom. The average Bonchev–Trinajstić information content (AvgIpc) is 3.37. The lowest BCUT2D eigenvalue weighted by atomic mass is 9.69. The standard InChI is InChI=1S/C20H26O5/c21-13(8-14-3-4-17(22)25-14)9-24-20(23)16-7-12-6-15(16)19-11-2-1-10(5-11)18(12)19/h1-2,10-16,18-19,21H,3-9H2. The first kappa shape index (κ1) is 15.9. The smallest absolute Gasteiger partial charge is 0.309 e. The molecule has 3 saturated carbocycles. The van der Waals surface area contributed by atoms with E-state index in [1.807, 2.05) is 0 Å². The third kappa shape index (κ3) is 2.54. The average molecular weight is 346 g/mol. The molecule has 9 atom stereocenters. The fraction of sp³-hybridized carbons (Fsp3) is 0.800. The van der Waals surface area contributed by atoms with Gasteiger partial charge >= 0.3 is 11.9 Å². The maximum Gasteiger partial charge on any atom is 0.309 e. The van der Waals surface area contributed by atoms with Crippen LogP contribution in [-0.4, -0.2) is 35.9 Å². The van der Waals surface area contributed by atoms with Crippen LogP contribution in [0, 0.1) is 41.4 Å². The van der Waals surface area contributed by atoms with Crippen molar-refractivity contribution in [3.8, 4) is 0 Å². The molecule has 1 saturated heterocycles. The highest BCUT2D eigenvalue weighted by Crippen LogP contribution is 2.67. The van der Waals surface area contributed by atoms with Gasteiger partial charge in [0.15, 0.2) is 0 Å². The molecular formula is C20H26O5. The quantitative estimate of drug-likeness (QED) is 0.469. The van der Waals surface area contributed by atoms with E-state index in [0.717, 1.165) is 18.3 Å². The monoisotopic (exact) mass is 346 g/mol. The third-order valence-electron chi connectivity index (χ3n) is 7.49. The molecule has 1 heterocycles. The lowest BCUT2D eigenvalue weighted by Crippen LogP contribution is -2.36. The van der Waals surface area contributed by atoms with Crippen molar-refractivity contribution in [1.82, 2.24) is 0 Å². The SMILES string of the molecule is O=C1CCC(CC(O)COC(=O)C2CC3CC2C2C4C=CC(C4)C32)O1. The molecule has 0 spiro atoms. The Labute approximate surface area is 147 Å². The summed E-state index contributed by atoms with van der Waals surface area (Å²) in [5.41, 5.74) is 0. The molecule has 0 aromatic heterocycles. The summed E-state index contributed by atoms with van der Waals surface area (Å²) in [5, 5.41) is 10.1. The Morgan fingerprint density at radius 1 is 1.24 bits per heavy atom. The maximum atomic E-state index is 12.6. The zero-order valence-corrected chi connectivity index (χ0v) is 14.4. The molecule has 4 bridgehead atoms. The highest BCUT2D eigenvalue weighted by Gasteiger charge is 2.62. The number of ether oxygens (including phenoxy) is 2. The van der Waals surface area contributed by atoms with Crippen LogP contribution in [0.2, 0.25) is 0 Å². The van der Waals surface area contributed by atoms with Crippen molar-refractivity contribution in [2.24, 2.45) is 41.4 Å². The molecule has 1 aliphatic heterocycles. The van der Waals surface area contributed by atoms with Crippen LogP contribution >= 0.6 is 0 Å². The number of carbonyl (C=O) groups is 2. The Hall–Kier alpha value is -1.36. The third-order valence-corrected chi connectivity index (χ3v) is 7.49. The van der Waals surface area contributed by atoms with Crippen molar-refractivity contribution in [2.75, 3.05) is 6.61 Å². The molecule has 25 heavy (non-hydrogen) atoms. The molecule has 0 amide bonds. The molecule has 136 valence electrons. The summed E-state index contributed by atoms with van der Waals surface area (Å²) in [6.45, 7) is 0.0147. The molecular weight excluding hydrogens is 320 g/mol. The summed E-state index contributed by atoms with van der Waals surface area (Å²) in [4.78, 5) is 23.7. The first-order valence-corrected chi connectivity index (χ1v) is 9.82. The van der Waals surface area contributed by atoms with Gasteiger partial charge in [-0.15, -0.1) is 0 Å². The summed E-state index contributed by atoms with van der Waals surface area (Å²) in [6.07, 6.45) is 8.67. The van der Waals surface area contributed by atoms with Crippen LogP contribution < -0.4 is 0 Å². The van der Waals surface area contributed by atoms with Crippen LogP contribution in [0.15, 0.2) is 12.2 Å². The second-order valence-corrected chi connectivity index (χ2v) is 8.77. The second kappa shape index (κ2) is 5.83. The number of aliphatic hydroxyl groups is 1. The van der Waals surface area contributed by atoms with Gasteiger partial charge < -0.3 is 14.6 Å². The number of aliphatic hydroxyl groups excluding tert-OH is 1. The van der Waals surface area contributed by atoms with Gasteiger partial charge in [-0.25, -0.2) is 0 Å². The minimum Gasteiger partial charge on any atom is -0.463 e. The number of fused-ring (bicyclic) bond motifs is 9. The van der Waals surface area contributed by atoms with E-state index in [1.165, 1.54) is 12.8 Å². The Morgan fingerprint density at radius 2 is 2.04 bits per heavy atom. The largest absolute Gasteiger partial charge is 0.463 e. The van der Waals surface area contributed by atoms with Crippen LogP contribution in [0.5, 0.6) is 0 Å². The number of rotatable bonds is 5. The minimum absolute atomic E-state index is 0.0147. The molecule has 5 rings (SSSR count). The van der Waals surface area contributed by atoms with Crippen LogP contribution in [-0.2, 0) is 19.1 Å². The molecule has 5 heteroatoms. The van der Waals surface area contributed by atoms with Gasteiger partial charge in [-0.05, 0) is 61.2 Å². The van der Waals surface area contributed by atoms with Crippen molar-refractivity contribution in [3.05, 3.63) is 12.2 Å². The second-order valence-electron chi connectivity index (χ2n) is 8.77. The summed E-state index contributed by atoms with van der Waals surface area (Å²) in [7, 11) is 0. The number of esters is 2. The van der Waals surface area contributed by atoms with E-state index in [-0.39, 0.29) is 30.6 Å². The van der Waals surface area contributed by atoms with Crippen molar-refractivity contribution in [3.63, 3.8) is 0 Å². The predicted octanol–water partition coefficient (Wildman–Crippen LogP) is 2.08. The lowest BCUT2D eigenvalue weighted by molar-refractivity contribution is -0.156. The Bertz CT molecular complexity index is 613. The first-order valence-electron chi connectivity index (χ1n) is 9.82. The predicted molar refractivity (Wildman–Crippen MR) is 88.1 cm³/mol. The van der Waals surface area contributed by atoms with Gasteiger partial charge in [-0.1, -0.05) is 12.2 Å². The fourth-order valence-corrected chi connectivity index (χ4v) is 6.69. The molecule has 0 aromatic carbocycles. The van der Waals surface area contributed by atoms with Crippen molar-refractivity contribution < 1.29 is 24.2 Å². The number of allylic oxidation sites excluding steroid dienone is 2. The Balaban J connectivity index is 1.14. The molecule has 9 unspecified atom stereocenters. The molecule has 5 aliphatic rings. The van der Waals surface area contributed by atoms with Gasteiger partial charge in [-0.3, -0.25) is 9.59 Å². The van der Waals surface area contributed by atoms with Crippen LogP contribution in [0.4, 0.5) is 0 Å². The minimum atomic E-state index is -0.753. The number of hydrogen-bond acceptors (Lipinski definition) is 5. The van der Waals surface area contributed by atoms with E-state index in [9.17, 15) is 14.7 Å². The Kier molecular flexibility index (Phi) is 3.70. The van der Waals surface area contributed by atoms with Gasteiger partial charge in [0.25, 0.3) is 0 Å². The van der Waals surface area contributed by atoms with E-state index in [1.54, 1.807) is 0 Å². The highest BCUT2D eigenvalue weighted by atomic mass is 16.6. The summed E-state index contributed by atoms with van der Waals surface area (Å²) in [6, 6.07) is 0. The van der Waals surface area contributed by atoms with Gasteiger partial charge in [0.2, 0.25) is 0 Å². The van der Waals surface area contributed by atoms with Crippen LogP contribution in [0.25, 0.3) is 0 Å². The zero-order chi connectivity index (χ0) is 17.1. The van der Waals surface area contributed by atoms with E-state index >= 15 is 0 Å². The van der Waals surface area contributed by atoms with Gasteiger partial charge in [0.1, 0.15) is 12.7 Å². The number of carbonyl (C=O) groups excluding carboxylic acids is 2. The van der Waals surface area contributed by atoms with E-state index in [4.69, 9.17) is 9.47 Å². The van der Waals surface area contributed by atoms with Crippen LogP contribution in [0.1, 0.15) is 38.5 Å². The van der Waals surface area contributed by atoms with Gasteiger partial charge in [0, 0.05) is 12.8 Å². The maximum absolute atomic E-state index is 12.6. The van der Waals surface area contributed by atoms with Gasteiger partial charge in [-0.2, -0.15) is 0 Å². The molecule has 1 N–H and O–H groups in total. The topological polar surface area (TPSA) is 72.8 Å². The van der Waals surface area contributed by atoms with E-state index < -0.39 is 6.10 Å². The molecule has 4 aliphatic carbocycles. The van der Waals surface area contributed by atoms with Gasteiger partial charge in [0.05, 0.1) is 12.0 Å². The first-order chi connectivity index (χ1) is 12.1. The van der Waals surface area contributed by atoms with E-state index in [2.05, 4.69) is 12.2 Å². The molecule has 0 aromatic rings. The van der Waals surface area contributed by atoms with Crippen molar-refractivity contribution in [1.29, 1.82) is 0 Å². The summed E-state index contributed by atoms with van der Waals surface area (Å²) >= 11 is 0. The summed E-state index contributed by atoms with van der Waals surface area (Å²) in [5.74, 6) is 3.81. The summed E-state index contributed by atoms with van der Waals surface area (Å²) < 4.78 is 10.6. The lowest BCUT2D eigenvalue weighted by Gasteiger charge is -2.35. The van der Waals surface area contributed by atoms with Crippen molar-refractivity contribution >= 4 is 11.9 Å². The van der Waals surface area contributed by atoms with Crippen LogP contribution in [0.3, 0.4) is 0 Å².